The van der Waals surface area contributed by atoms with Crippen molar-refractivity contribution in [1.82, 2.24) is 0 Å². The SMILES string of the molecule is CCOc1cc2c(cc1C(O)C1=CCCCO1)OC(C)C2. The fourth-order valence-corrected chi connectivity index (χ4v) is 2.87. The predicted octanol–water partition coefficient (Wildman–Crippen LogP) is 3.14. The lowest BCUT2D eigenvalue weighted by atomic mass is 10.0. The van der Waals surface area contributed by atoms with Crippen LogP contribution in [-0.4, -0.2) is 24.4 Å². The zero-order chi connectivity index (χ0) is 14.8. The molecule has 0 fully saturated rings. The molecule has 4 heteroatoms. The van der Waals surface area contributed by atoms with Crippen LogP contribution in [0.5, 0.6) is 11.5 Å². The van der Waals surface area contributed by atoms with Crippen molar-refractivity contribution in [3.63, 3.8) is 0 Å². The van der Waals surface area contributed by atoms with E-state index < -0.39 is 6.10 Å². The first-order chi connectivity index (χ1) is 10.2. The van der Waals surface area contributed by atoms with Crippen LogP contribution in [0.1, 0.15) is 43.9 Å². The number of aliphatic hydroxyl groups is 1. The van der Waals surface area contributed by atoms with Gasteiger partial charge in [0.05, 0.1) is 13.2 Å². The van der Waals surface area contributed by atoms with Crippen LogP contribution in [0.15, 0.2) is 24.0 Å². The second kappa shape index (κ2) is 5.98. The number of hydrogen-bond acceptors (Lipinski definition) is 4. The first-order valence-electron chi connectivity index (χ1n) is 7.66. The summed E-state index contributed by atoms with van der Waals surface area (Å²) >= 11 is 0. The van der Waals surface area contributed by atoms with E-state index in [0.29, 0.717) is 19.0 Å². The first-order valence-corrected chi connectivity index (χ1v) is 7.66. The molecule has 3 rings (SSSR count). The molecule has 21 heavy (non-hydrogen) atoms. The van der Waals surface area contributed by atoms with Gasteiger partial charge in [-0.2, -0.15) is 0 Å². The van der Waals surface area contributed by atoms with Gasteiger partial charge in [-0.15, -0.1) is 0 Å². The molecule has 2 aliphatic heterocycles. The third-order valence-electron chi connectivity index (χ3n) is 3.86. The van der Waals surface area contributed by atoms with E-state index in [0.717, 1.165) is 41.9 Å². The van der Waals surface area contributed by atoms with Crippen molar-refractivity contribution in [3.8, 4) is 11.5 Å². The third-order valence-corrected chi connectivity index (χ3v) is 3.86. The Balaban J connectivity index is 1.96. The summed E-state index contributed by atoms with van der Waals surface area (Å²) in [7, 11) is 0. The Kier molecular flexibility index (Phi) is 4.06. The van der Waals surface area contributed by atoms with Gasteiger partial charge in [0.15, 0.2) is 0 Å². The highest BCUT2D eigenvalue weighted by Crippen LogP contribution is 2.40. The van der Waals surface area contributed by atoms with E-state index in [1.54, 1.807) is 0 Å². The molecule has 1 aromatic carbocycles. The van der Waals surface area contributed by atoms with Gasteiger partial charge in [0.25, 0.3) is 0 Å². The normalized spacial score (nSPS) is 21.9. The summed E-state index contributed by atoms with van der Waals surface area (Å²) in [6.45, 7) is 5.21. The Labute approximate surface area is 125 Å². The van der Waals surface area contributed by atoms with Crippen molar-refractivity contribution < 1.29 is 19.3 Å². The summed E-state index contributed by atoms with van der Waals surface area (Å²) < 4.78 is 17.1. The van der Waals surface area contributed by atoms with Gasteiger partial charge in [-0.3, -0.25) is 0 Å². The van der Waals surface area contributed by atoms with E-state index in [2.05, 4.69) is 0 Å². The van der Waals surface area contributed by atoms with Crippen molar-refractivity contribution in [1.29, 1.82) is 0 Å². The monoisotopic (exact) mass is 290 g/mol. The smallest absolute Gasteiger partial charge is 0.139 e. The van der Waals surface area contributed by atoms with Crippen molar-refractivity contribution in [2.24, 2.45) is 0 Å². The lowest BCUT2D eigenvalue weighted by Gasteiger charge is -2.22. The largest absolute Gasteiger partial charge is 0.495 e. The van der Waals surface area contributed by atoms with Crippen LogP contribution in [0.3, 0.4) is 0 Å². The molecule has 2 heterocycles. The summed E-state index contributed by atoms with van der Waals surface area (Å²) in [5, 5.41) is 10.6. The van der Waals surface area contributed by atoms with Crippen LogP contribution < -0.4 is 9.47 Å². The van der Waals surface area contributed by atoms with Gasteiger partial charge in [-0.25, -0.2) is 0 Å². The molecular formula is C17H22O4. The summed E-state index contributed by atoms with van der Waals surface area (Å²) in [5.41, 5.74) is 1.86. The summed E-state index contributed by atoms with van der Waals surface area (Å²) in [5.74, 6) is 2.18. The topological polar surface area (TPSA) is 47.9 Å². The summed E-state index contributed by atoms with van der Waals surface area (Å²) in [6.07, 6.45) is 4.16. The minimum absolute atomic E-state index is 0.173. The van der Waals surface area contributed by atoms with E-state index in [9.17, 15) is 5.11 Å². The zero-order valence-corrected chi connectivity index (χ0v) is 12.6. The first kappa shape index (κ1) is 14.3. The van der Waals surface area contributed by atoms with Gasteiger partial charge in [-0.1, -0.05) is 0 Å². The van der Waals surface area contributed by atoms with Gasteiger partial charge in [-0.05, 0) is 44.9 Å². The van der Waals surface area contributed by atoms with Crippen LogP contribution >= 0.6 is 0 Å². The quantitative estimate of drug-likeness (QED) is 0.925. The highest BCUT2D eigenvalue weighted by molar-refractivity contribution is 5.50. The average molecular weight is 290 g/mol. The zero-order valence-electron chi connectivity index (χ0n) is 12.6. The third kappa shape index (κ3) is 2.86. The van der Waals surface area contributed by atoms with Crippen molar-refractivity contribution in [2.45, 2.75) is 45.3 Å². The average Bonchev–Trinajstić information content (AvgIpc) is 2.86. The van der Waals surface area contributed by atoms with E-state index in [1.165, 1.54) is 0 Å². The molecule has 114 valence electrons. The Morgan fingerprint density at radius 3 is 3.00 bits per heavy atom. The fraction of sp³-hybridized carbons (Fsp3) is 0.529. The Morgan fingerprint density at radius 1 is 1.43 bits per heavy atom. The van der Waals surface area contributed by atoms with Crippen molar-refractivity contribution in [3.05, 3.63) is 35.1 Å². The van der Waals surface area contributed by atoms with E-state index in [4.69, 9.17) is 14.2 Å². The van der Waals surface area contributed by atoms with E-state index in [-0.39, 0.29) is 6.10 Å². The van der Waals surface area contributed by atoms with Gasteiger partial charge in [0.1, 0.15) is 29.5 Å². The molecule has 0 saturated carbocycles. The molecule has 4 nitrogen and oxygen atoms in total. The molecule has 0 saturated heterocycles. The van der Waals surface area contributed by atoms with Crippen LogP contribution in [0.4, 0.5) is 0 Å². The minimum atomic E-state index is -0.795. The Hall–Kier alpha value is -1.68. The second-order valence-corrected chi connectivity index (χ2v) is 5.56. The molecule has 2 unspecified atom stereocenters. The number of allylic oxidation sites excluding steroid dienone is 1. The standard InChI is InChI=1S/C17H22O4/c1-3-19-16-9-12-8-11(2)21-15(12)10-13(16)17(18)14-6-4-5-7-20-14/h6,9-11,17-18H,3-5,7-8H2,1-2H3. The van der Waals surface area contributed by atoms with Gasteiger partial charge in [0, 0.05) is 17.5 Å². The molecule has 0 bridgehead atoms. The van der Waals surface area contributed by atoms with Crippen LogP contribution in [0, 0.1) is 0 Å². The molecule has 1 N–H and O–H groups in total. The fourth-order valence-electron chi connectivity index (χ4n) is 2.87. The maximum Gasteiger partial charge on any atom is 0.139 e. The minimum Gasteiger partial charge on any atom is -0.495 e. The van der Waals surface area contributed by atoms with E-state index in [1.807, 2.05) is 32.1 Å². The maximum absolute atomic E-state index is 10.6. The number of rotatable bonds is 4. The second-order valence-electron chi connectivity index (χ2n) is 5.56. The predicted molar refractivity (Wildman–Crippen MR) is 79.6 cm³/mol. The molecule has 2 aliphatic rings. The van der Waals surface area contributed by atoms with Crippen molar-refractivity contribution >= 4 is 0 Å². The van der Waals surface area contributed by atoms with Crippen LogP contribution in [-0.2, 0) is 11.2 Å². The number of aliphatic hydroxyl groups excluding tert-OH is 1. The Bertz CT molecular complexity index is 550. The lowest BCUT2D eigenvalue weighted by Crippen LogP contribution is -2.11. The van der Waals surface area contributed by atoms with Gasteiger partial charge >= 0.3 is 0 Å². The van der Waals surface area contributed by atoms with Crippen molar-refractivity contribution in [2.75, 3.05) is 13.2 Å². The molecule has 2 atom stereocenters. The summed E-state index contributed by atoms with van der Waals surface area (Å²) in [6, 6.07) is 3.89. The lowest BCUT2D eigenvalue weighted by molar-refractivity contribution is 0.0896. The molecule has 0 aromatic heterocycles. The maximum atomic E-state index is 10.6. The molecule has 0 radical (unpaired) electrons. The Morgan fingerprint density at radius 2 is 2.29 bits per heavy atom. The molecule has 1 aromatic rings. The molecular weight excluding hydrogens is 268 g/mol. The van der Waals surface area contributed by atoms with Crippen LogP contribution in [0.2, 0.25) is 0 Å². The summed E-state index contributed by atoms with van der Waals surface area (Å²) in [4.78, 5) is 0. The molecule has 0 aliphatic carbocycles. The number of fused-ring (bicyclic) bond motifs is 1. The van der Waals surface area contributed by atoms with Gasteiger partial charge < -0.3 is 19.3 Å². The highest BCUT2D eigenvalue weighted by atomic mass is 16.5. The van der Waals surface area contributed by atoms with Crippen LogP contribution in [0.25, 0.3) is 0 Å². The molecule has 0 spiro atoms. The highest BCUT2D eigenvalue weighted by Gasteiger charge is 2.27. The number of hydrogen-bond donors (Lipinski definition) is 1. The van der Waals surface area contributed by atoms with Gasteiger partial charge in [0.2, 0.25) is 0 Å². The van der Waals surface area contributed by atoms with E-state index >= 15 is 0 Å². The molecule has 0 amide bonds. The number of ether oxygens (including phenoxy) is 3. The number of benzene rings is 1.